The Hall–Kier alpha value is -1.89. The Labute approximate surface area is 137 Å². The summed E-state index contributed by atoms with van der Waals surface area (Å²) < 4.78 is 5.58. The van der Waals surface area contributed by atoms with Crippen LogP contribution in [0.1, 0.15) is 20.3 Å². The van der Waals surface area contributed by atoms with E-state index in [1.165, 1.54) is 0 Å². The first-order valence-electron chi connectivity index (χ1n) is 6.91. The highest BCUT2D eigenvalue weighted by molar-refractivity contribution is 9.10. The average Bonchev–Trinajstić information content (AvgIpc) is 2.52. The maximum atomic E-state index is 11.7. The van der Waals surface area contributed by atoms with Crippen LogP contribution < -0.4 is 10.6 Å². The molecule has 0 aliphatic carbocycles. The van der Waals surface area contributed by atoms with Gasteiger partial charge >= 0.3 is 5.97 Å². The molecule has 2 amide bonds. The Bertz CT molecular complexity index is 548. The highest BCUT2D eigenvalue weighted by Crippen LogP contribution is 2.20. The number of anilines is 1. The molecule has 0 aromatic heterocycles. The quantitative estimate of drug-likeness (QED) is 0.719. The van der Waals surface area contributed by atoms with Crippen LogP contribution in [-0.4, -0.2) is 30.9 Å². The standard InChI is InChI=1S/C15H19BrN2O4/c1-3-10(2)15(21)22-9-14(20)17-8-13(19)18-12-7-5-4-6-11(12)16/h4-7,10H,3,8-9H2,1-2H3,(H,17,20)(H,18,19). The summed E-state index contributed by atoms with van der Waals surface area (Å²) in [5.41, 5.74) is 0.616. The summed E-state index contributed by atoms with van der Waals surface area (Å²) in [6, 6.07) is 7.14. The molecule has 0 spiro atoms. The van der Waals surface area contributed by atoms with Crippen LogP contribution >= 0.6 is 15.9 Å². The summed E-state index contributed by atoms with van der Waals surface area (Å²) in [6.07, 6.45) is 0.648. The fourth-order valence-electron chi connectivity index (χ4n) is 1.43. The third-order valence-electron chi connectivity index (χ3n) is 2.95. The zero-order chi connectivity index (χ0) is 16.5. The van der Waals surface area contributed by atoms with Crippen molar-refractivity contribution in [2.75, 3.05) is 18.5 Å². The number of hydrogen-bond acceptors (Lipinski definition) is 4. The molecule has 1 atom stereocenters. The lowest BCUT2D eigenvalue weighted by atomic mass is 10.1. The molecule has 0 saturated carbocycles. The molecule has 0 fully saturated rings. The van der Waals surface area contributed by atoms with E-state index in [0.29, 0.717) is 12.1 Å². The zero-order valence-corrected chi connectivity index (χ0v) is 14.1. The van der Waals surface area contributed by atoms with Crippen LogP contribution in [0, 0.1) is 5.92 Å². The molecule has 6 nitrogen and oxygen atoms in total. The molecule has 0 heterocycles. The number of benzene rings is 1. The number of rotatable bonds is 7. The van der Waals surface area contributed by atoms with Crippen molar-refractivity contribution in [1.82, 2.24) is 5.32 Å². The van der Waals surface area contributed by atoms with Gasteiger partial charge in [0.2, 0.25) is 5.91 Å². The van der Waals surface area contributed by atoms with Crippen LogP contribution in [0.25, 0.3) is 0 Å². The number of para-hydroxylation sites is 1. The molecule has 0 saturated heterocycles. The second kappa shape index (κ2) is 9.19. The van der Waals surface area contributed by atoms with E-state index >= 15 is 0 Å². The van der Waals surface area contributed by atoms with Crippen molar-refractivity contribution < 1.29 is 19.1 Å². The lowest BCUT2D eigenvalue weighted by molar-refractivity contribution is -0.152. The molecule has 0 aliphatic rings. The van der Waals surface area contributed by atoms with E-state index in [4.69, 9.17) is 4.74 Å². The SMILES string of the molecule is CCC(C)C(=O)OCC(=O)NCC(=O)Nc1ccccc1Br. The van der Waals surface area contributed by atoms with Gasteiger partial charge in [0.15, 0.2) is 6.61 Å². The van der Waals surface area contributed by atoms with Gasteiger partial charge in [0, 0.05) is 4.47 Å². The molecule has 0 radical (unpaired) electrons. The summed E-state index contributed by atoms with van der Waals surface area (Å²) in [4.78, 5) is 34.6. The number of amides is 2. The molecule has 0 bridgehead atoms. The predicted octanol–water partition coefficient (Wildman–Crippen LogP) is 2.09. The van der Waals surface area contributed by atoms with Crippen molar-refractivity contribution in [3.8, 4) is 0 Å². The number of halogens is 1. The summed E-state index contributed by atoms with van der Waals surface area (Å²) >= 11 is 3.31. The number of nitrogens with one attached hydrogen (secondary N) is 2. The minimum absolute atomic E-state index is 0.193. The van der Waals surface area contributed by atoms with E-state index in [0.717, 1.165) is 4.47 Å². The van der Waals surface area contributed by atoms with E-state index in [9.17, 15) is 14.4 Å². The Balaban J connectivity index is 2.31. The number of ether oxygens (including phenoxy) is 1. The van der Waals surface area contributed by atoms with Gasteiger partial charge in [-0.2, -0.15) is 0 Å². The molecule has 0 aliphatic heterocycles. The normalized spacial score (nSPS) is 11.4. The fourth-order valence-corrected chi connectivity index (χ4v) is 1.82. The van der Waals surface area contributed by atoms with Crippen LogP contribution in [0.15, 0.2) is 28.7 Å². The van der Waals surface area contributed by atoms with E-state index in [-0.39, 0.29) is 25.0 Å². The first-order valence-corrected chi connectivity index (χ1v) is 7.71. The number of carbonyl (C=O) groups is 3. The van der Waals surface area contributed by atoms with Gasteiger partial charge < -0.3 is 15.4 Å². The highest BCUT2D eigenvalue weighted by atomic mass is 79.9. The average molecular weight is 371 g/mol. The summed E-state index contributed by atoms with van der Waals surface area (Å²) in [7, 11) is 0. The Kier molecular flexibility index (Phi) is 7.59. The molecule has 2 N–H and O–H groups in total. The third-order valence-corrected chi connectivity index (χ3v) is 3.65. The first-order chi connectivity index (χ1) is 10.4. The van der Waals surface area contributed by atoms with Crippen LogP contribution in [0.2, 0.25) is 0 Å². The van der Waals surface area contributed by atoms with Crippen molar-refractivity contribution in [1.29, 1.82) is 0 Å². The third kappa shape index (κ3) is 6.26. The molecule has 1 aromatic carbocycles. The zero-order valence-electron chi connectivity index (χ0n) is 12.5. The monoisotopic (exact) mass is 370 g/mol. The van der Waals surface area contributed by atoms with Gasteiger partial charge in [0.05, 0.1) is 18.2 Å². The summed E-state index contributed by atoms with van der Waals surface area (Å²) in [5, 5.41) is 5.04. The van der Waals surface area contributed by atoms with Gasteiger partial charge in [0.25, 0.3) is 5.91 Å². The van der Waals surface area contributed by atoms with E-state index in [1.807, 2.05) is 13.0 Å². The van der Waals surface area contributed by atoms with Gasteiger partial charge in [-0.3, -0.25) is 14.4 Å². The maximum absolute atomic E-state index is 11.7. The molecular formula is C15H19BrN2O4. The molecule has 1 aromatic rings. The molecule has 7 heteroatoms. The minimum Gasteiger partial charge on any atom is -0.455 e. The summed E-state index contributed by atoms with van der Waals surface area (Å²) in [6.45, 7) is 3.01. The number of carbonyl (C=O) groups excluding carboxylic acids is 3. The lowest BCUT2D eigenvalue weighted by Crippen LogP contribution is -2.36. The van der Waals surface area contributed by atoms with Crippen molar-refractivity contribution in [3.05, 3.63) is 28.7 Å². The number of esters is 1. The second-order valence-corrected chi connectivity index (χ2v) is 5.58. The van der Waals surface area contributed by atoms with Gasteiger partial charge in [-0.1, -0.05) is 26.0 Å². The van der Waals surface area contributed by atoms with E-state index in [2.05, 4.69) is 26.6 Å². The van der Waals surface area contributed by atoms with Crippen molar-refractivity contribution in [2.24, 2.45) is 5.92 Å². The van der Waals surface area contributed by atoms with Crippen LogP contribution in [0.5, 0.6) is 0 Å². The van der Waals surface area contributed by atoms with Crippen molar-refractivity contribution in [3.63, 3.8) is 0 Å². The Morgan fingerprint density at radius 1 is 1.23 bits per heavy atom. The molecular weight excluding hydrogens is 352 g/mol. The molecule has 1 unspecified atom stereocenters. The van der Waals surface area contributed by atoms with Gasteiger partial charge in [0.1, 0.15) is 0 Å². The molecule has 22 heavy (non-hydrogen) atoms. The second-order valence-electron chi connectivity index (χ2n) is 4.72. The van der Waals surface area contributed by atoms with E-state index in [1.54, 1.807) is 25.1 Å². The van der Waals surface area contributed by atoms with Crippen LogP contribution in [-0.2, 0) is 19.1 Å². The minimum atomic E-state index is -0.515. The highest BCUT2D eigenvalue weighted by Gasteiger charge is 2.14. The van der Waals surface area contributed by atoms with Crippen LogP contribution in [0.4, 0.5) is 5.69 Å². The largest absolute Gasteiger partial charge is 0.455 e. The van der Waals surface area contributed by atoms with Gasteiger partial charge in [-0.15, -0.1) is 0 Å². The topological polar surface area (TPSA) is 84.5 Å². The maximum Gasteiger partial charge on any atom is 0.309 e. The Morgan fingerprint density at radius 3 is 2.55 bits per heavy atom. The lowest BCUT2D eigenvalue weighted by Gasteiger charge is -2.10. The molecule has 120 valence electrons. The van der Waals surface area contributed by atoms with Crippen molar-refractivity contribution >= 4 is 39.4 Å². The predicted molar refractivity (Wildman–Crippen MR) is 86.2 cm³/mol. The molecule has 1 rings (SSSR count). The smallest absolute Gasteiger partial charge is 0.309 e. The van der Waals surface area contributed by atoms with E-state index < -0.39 is 11.9 Å². The first kappa shape index (κ1) is 18.2. The van der Waals surface area contributed by atoms with Crippen molar-refractivity contribution in [2.45, 2.75) is 20.3 Å². The fraction of sp³-hybridized carbons (Fsp3) is 0.400. The van der Waals surface area contributed by atoms with Crippen LogP contribution in [0.3, 0.4) is 0 Å². The summed E-state index contributed by atoms with van der Waals surface area (Å²) in [5.74, 6) is -1.55. The van der Waals surface area contributed by atoms with Gasteiger partial charge in [-0.05, 0) is 34.5 Å². The Morgan fingerprint density at radius 2 is 1.91 bits per heavy atom. The van der Waals surface area contributed by atoms with Gasteiger partial charge in [-0.25, -0.2) is 0 Å². The number of hydrogen-bond donors (Lipinski definition) is 2.